The molecule has 7 heteroatoms. The van der Waals surface area contributed by atoms with Crippen LogP contribution in [0.3, 0.4) is 0 Å². The first-order valence-corrected chi connectivity index (χ1v) is 6.07. The Morgan fingerprint density at radius 1 is 1.33 bits per heavy atom. The molecule has 0 aliphatic rings. The number of rotatable bonds is 2. The van der Waals surface area contributed by atoms with E-state index in [1.807, 2.05) is 41.0 Å². The molecule has 3 rings (SSSR count). The van der Waals surface area contributed by atoms with Gasteiger partial charge < -0.3 is 4.98 Å². The molecule has 0 saturated carbocycles. The van der Waals surface area contributed by atoms with Crippen molar-refractivity contribution in [2.45, 2.75) is 13.5 Å². The minimum absolute atomic E-state index is 0.689. The Bertz CT molecular complexity index is 771. The van der Waals surface area contributed by atoms with Crippen molar-refractivity contribution in [2.75, 3.05) is 0 Å². The fourth-order valence-corrected chi connectivity index (χ4v) is 2.49. The number of imidazole rings is 1. The van der Waals surface area contributed by atoms with Crippen molar-refractivity contribution < 1.29 is 0 Å². The van der Waals surface area contributed by atoms with Gasteiger partial charge in [0.1, 0.15) is 5.52 Å². The number of aromatic amines is 1. The lowest BCUT2D eigenvalue weighted by Crippen LogP contribution is -2.08. The molecule has 0 aromatic carbocycles. The van der Waals surface area contributed by atoms with E-state index in [0.717, 1.165) is 22.6 Å². The van der Waals surface area contributed by atoms with Crippen LogP contribution in [0.5, 0.6) is 0 Å². The van der Waals surface area contributed by atoms with Crippen LogP contribution in [0.2, 0.25) is 0 Å². The van der Waals surface area contributed by atoms with Crippen molar-refractivity contribution >= 4 is 23.4 Å². The zero-order valence-corrected chi connectivity index (χ0v) is 11.3. The summed E-state index contributed by atoms with van der Waals surface area (Å²) in [5.41, 5.74) is 4.08. The van der Waals surface area contributed by atoms with E-state index < -0.39 is 0 Å². The first-order valence-electron chi connectivity index (χ1n) is 5.67. The third kappa shape index (κ3) is 1.51. The summed E-state index contributed by atoms with van der Waals surface area (Å²) in [6.07, 6.45) is 1.79. The maximum absolute atomic E-state index is 5.38. The van der Waals surface area contributed by atoms with Gasteiger partial charge in [-0.25, -0.2) is 0 Å². The Labute approximate surface area is 109 Å². The number of aryl methyl sites for hydroxylation is 3. The van der Waals surface area contributed by atoms with Gasteiger partial charge in [-0.05, 0) is 25.2 Å². The smallest absolute Gasteiger partial charge is 0.179 e. The number of fused-ring (bicyclic) bond motifs is 1. The first kappa shape index (κ1) is 11.2. The van der Waals surface area contributed by atoms with Gasteiger partial charge in [-0.15, -0.1) is 0 Å². The van der Waals surface area contributed by atoms with Crippen LogP contribution in [0, 0.1) is 11.7 Å². The highest BCUT2D eigenvalue weighted by Crippen LogP contribution is 2.18. The molecule has 0 aliphatic heterocycles. The molecule has 3 aromatic rings. The Morgan fingerprint density at radius 3 is 2.78 bits per heavy atom. The third-order valence-electron chi connectivity index (χ3n) is 3.17. The van der Waals surface area contributed by atoms with Crippen LogP contribution in [0.15, 0.2) is 12.3 Å². The molecule has 3 heterocycles. The number of hydrogen-bond donors (Lipinski definition) is 1. The largest absolute Gasteiger partial charge is 0.328 e. The average Bonchev–Trinajstić information content (AvgIpc) is 2.92. The summed E-state index contributed by atoms with van der Waals surface area (Å²) < 4.78 is 6.46. The third-order valence-corrected chi connectivity index (χ3v) is 3.49. The highest BCUT2D eigenvalue weighted by atomic mass is 32.1. The van der Waals surface area contributed by atoms with Crippen molar-refractivity contribution in [3.8, 4) is 0 Å². The normalized spacial score (nSPS) is 11.5. The van der Waals surface area contributed by atoms with Gasteiger partial charge in [0.25, 0.3) is 0 Å². The second-order valence-electron chi connectivity index (χ2n) is 4.37. The molecule has 94 valence electrons. The Hall–Kier alpha value is -1.89. The van der Waals surface area contributed by atoms with Gasteiger partial charge in [-0.3, -0.25) is 13.9 Å². The van der Waals surface area contributed by atoms with Crippen LogP contribution in [-0.2, 0) is 20.6 Å². The van der Waals surface area contributed by atoms with Crippen molar-refractivity contribution in [3.63, 3.8) is 0 Å². The fraction of sp³-hybridized carbons (Fsp3) is 0.364. The van der Waals surface area contributed by atoms with Gasteiger partial charge in [-0.1, -0.05) is 0 Å². The Morgan fingerprint density at radius 2 is 2.11 bits per heavy atom. The van der Waals surface area contributed by atoms with Gasteiger partial charge in [0.2, 0.25) is 0 Å². The molecule has 1 N–H and O–H groups in total. The SMILES string of the molecule is Cc1nn(C)c2c1[nH]c(=S)n2Cc1ccnn1C. The van der Waals surface area contributed by atoms with Gasteiger partial charge in [0.15, 0.2) is 10.4 Å². The van der Waals surface area contributed by atoms with E-state index >= 15 is 0 Å². The number of nitrogens with one attached hydrogen (secondary N) is 1. The summed E-state index contributed by atoms with van der Waals surface area (Å²) >= 11 is 5.38. The maximum Gasteiger partial charge on any atom is 0.179 e. The lowest BCUT2D eigenvalue weighted by molar-refractivity contribution is 0.653. The molecular weight excluding hydrogens is 248 g/mol. The molecule has 6 nitrogen and oxygen atoms in total. The minimum Gasteiger partial charge on any atom is -0.328 e. The molecule has 0 spiro atoms. The van der Waals surface area contributed by atoms with E-state index in [0.29, 0.717) is 11.3 Å². The lowest BCUT2D eigenvalue weighted by Gasteiger charge is -2.05. The van der Waals surface area contributed by atoms with Gasteiger partial charge >= 0.3 is 0 Å². The molecule has 0 amide bonds. The second kappa shape index (κ2) is 3.81. The average molecular weight is 262 g/mol. The van der Waals surface area contributed by atoms with Crippen LogP contribution in [-0.4, -0.2) is 29.1 Å². The molecular formula is C11H14N6S. The van der Waals surface area contributed by atoms with E-state index in [4.69, 9.17) is 12.2 Å². The number of H-pyrrole nitrogens is 1. The monoisotopic (exact) mass is 262 g/mol. The predicted molar refractivity (Wildman–Crippen MR) is 70.9 cm³/mol. The summed E-state index contributed by atoms with van der Waals surface area (Å²) in [6, 6.07) is 1.99. The van der Waals surface area contributed by atoms with Crippen molar-refractivity contribution in [2.24, 2.45) is 14.1 Å². The topological polar surface area (TPSA) is 56.4 Å². The number of nitrogens with zero attached hydrogens (tertiary/aromatic N) is 5. The summed E-state index contributed by atoms with van der Waals surface area (Å²) in [5, 5.41) is 8.57. The van der Waals surface area contributed by atoms with E-state index in [-0.39, 0.29) is 0 Å². The molecule has 3 aromatic heterocycles. The predicted octanol–water partition coefficient (Wildman–Crippen LogP) is 1.52. The zero-order valence-electron chi connectivity index (χ0n) is 10.5. The van der Waals surface area contributed by atoms with Crippen LogP contribution in [0.25, 0.3) is 11.2 Å². The molecule has 0 radical (unpaired) electrons. The van der Waals surface area contributed by atoms with Crippen molar-refractivity contribution in [1.82, 2.24) is 29.1 Å². The van der Waals surface area contributed by atoms with E-state index in [2.05, 4.69) is 15.2 Å². The first-order chi connectivity index (χ1) is 8.58. The molecule has 18 heavy (non-hydrogen) atoms. The Balaban J connectivity index is 2.20. The molecule has 0 unspecified atom stereocenters. The van der Waals surface area contributed by atoms with E-state index in [1.54, 1.807) is 6.20 Å². The van der Waals surface area contributed by atoms with Crippen molar-refractivity contribution in [1.29, 1.82) is 0 Å². The van der Waals surface area contributed by atoms with Crippen LogP contribution in [0.4, 0.5) is 0 Å². The standard InChI is InChI=1S/C11H14N6S/c1-7-9-10(16(3)14-7)17(11(18)13-9)6-8-4-5-12-15(8)2/h4-5H,6H2,1-3H3,(H,13,18). The van der Waals surface area contributed by atoms with Gasteiger partial charge in [0.05, 0.1) is 17.9 Å². The lowest BCUT2D eigenvalue weighted by atomic mass is 10.4. The highest BCUT2D eigenvalue weighted by molar-refractivity contribution is 7.71. The molecule has 0 bridgehead atoms. The quantitative estimate of drug-likeness (QED) is 0.712. The number of hydrogen-bond acceptors (Lipinski definition) is 3. The number of aromatic nitrogens is 6. The maximum atomic E-state index is 5.38. The highest BCUT2D eigenvalue weighted by Gasteiger charge is 2.13. The van der Waals surface area contributed by atoms with Gasteiger partial charge in [-0.2, -0.15) is 10.2 Å². The summed E-state index contributed by atoms with van der Waals surface area (Å²) in [5.74, 6) is 0. The van der Waals surface area contributed by atoms with Crippen molar-refractivity contribution in [3.05, 3.63) is 28.4 Å². The molecule has 0 atom stereocenters. The molecule has 0 aliphatic carbocycles. The summed E-state index contributed by atoms with van der Waals surface area (Å²) in [4.78, 5) is 3.21. The van der Waals surface area contributed by atoms with Crippen LogP contribution in [0.1, 0.15) is 11.4 Å². The summed E-state index contributed by atoms with van der Waals surface area (Å²) in [7, 11) is 3.86. The summed E-state index contributed by atoms with van der Waals surface area (Å²) in [6.45, 7) is 2.66. The molecule has 0 saturated heterocycles. The van der Waals surface area contributed by atoms with E-state index in [1.165, 1.54) is 0 Å². The minimum atomic E-state index is 0.689. The fourth-order valence-electron chi connectivity index (χ4n) is 2.24. The van der Waals surface area contributed by atoms with Gasteiger partial charge in [0, 0.05) is 20.3 Å². The van der Waals surface area contributed by atoms with E-state index in [9.17, 15) is 0 Å². The van der Waals surface area contributed by atoms with Crippen LogP contribution < -0.4 is 0 Å². The molecule has 0 fully saturated rings. The second-order valence-corrected chi connectivity index (χ2v) is 4.76. The zero-order chi connectivity index (χ0) is 12.9. The van der Waals surface area contributed by atoms with Crippen LogP contribution >= 0.6 is 12.2 Å². The Kier molecular flexibility index (Phi) is 2.37.